The average Bonchev–Trinajstić information content (AvgIpc) is 1.86. The van der Waals surface area contributed by atoms with Gasteiger partial charge in [0.25, 0.3) is 0 Å². The Labute approximate surface area is 70.1 Å². The van der Waals surface area contributed by atoms with Gasteiger partial charge in [0, 0.05) is 0 Å². The number of allylic oxidation sites excluding steroid dienone is 1. The van der Waals surface area contributed by atoms with Gasteiger partial charge in [0.2, 0.25) is 0 Å². The molecule has 0 spiro atoms. The third-order valence-corrected chi connectivity index (χ3v) is 2.28. The minimum Gasteiger partial charge on any atom is -0.385 e. The van der Waals surface area contributed by atoms with E-state index in [-0.39, 0.29) is 5.41 Å². The summed E-state index contributed by atoms with van der Waals surface area (Å²) in [6.45, 7) is 10.1. The first-order valence-corrected chi connectivity index (χ1v) is 4.23. The van der Waals surface area contributed by atoms with Gasteiger partial charge < -0.3 is 5.11 Å². The highest BCUT2D eigenvalue weighted by Gasteiger charge is 2.35. The van der Waals surface area contributed by atoms with Crippen molar-refractivity contribution < 1.29 is 5.11 Å². The van der Waals surface area contributed by atoms with Gasteiger partial charge in [-0.1, -0.05) is 39.8 Å². The Balaban J connectivity index is 4.60. The second kappa shape index (κ2) is 3.40. The van der Waals surface area contributed by atoms with Crippen LogP contribution in [0.15, 0.2) is 12.2 Å². The van der Waals surface area contributed by atoms with E-state index >= 15 is 0 Å². The van der Waals surface area contributed by atoms with Crippen molar-refractivity contribution in [2.45, 2.75) is 46.6 Å². The first kappa shape index (κ1) is 10.7. The van der Waals surface area contributed by atoms with Crippen LogP contribution in [0.4, 0.5) is 0 Å². The van der Waals surface area contributed by atoms with Gasteiger partial charge in [-0.3, -0.25) is 0 Å². The van der Waals surface area contributed by atoms with Crippen molar-refractivity contribution in [1.82, 2.24) is 0 Å². The van der Waals surface area contributed by atoms with Gasteiger partial charge >= 0.3 is 0 Å². The van der Waals surface area contributed by atoms with Crippen molar-refractivity contribution in [3.63, 3.8) is 0 Å². The molecule has 0 aliphatic carbocycles. The molecule has 1 heteroatoms. The molecule has 0 rings (SSSR count). The maximum atomic E-state index is 10.1. The molecule has 66 valence electrons. The van der Waals surface area contributed by atoms with Crippen LogP contribution in [0.25, 0.3) is 0 Å². The maximum absolute atomic E-state index is 10.1. The molecule has 0 saturated carbocycles. The quantitative estimate of drug-likeness (QED) is 0.609. The van der Waals surface area contributed by atoms with E-state index in [2.05, 4.69) is 20.8 Å². The molecule has 0 fully saturated rings. The molecule has 0 aliphatic rings. The molecule has 0 aliphatic heterocycles. The molecule has 0 aromatic carbocycles. The first-order chi connectivity index (χ1) is 4.87. The topological polar surface area (TPSA) is 20.2 Å². The van der Waals surface area contributed by atoms with Crippen LogP contribution >= 0.6 is 0 Å². The third kappa shape index (κ3) is 2.33. The Hall–Kier alpha value is -0.300. The van der Waals surface area contributed by atoms with Gasteiger partial charge in [-0.05, 0) is 18.8 Å². The van der Waals surface area contributed by atoms with Crippen LogP contribution in [0.2, 0.25) is 0 Å². The van der Waals surface area contributed by atoms with E-state index in [0.717, 1.165) is 6.42 Å². The number of hydrogen-bond donors (Lipinski definition) is 1. The largest absolute Gasteiger partial charge is 0.385 e. The van der Waals surface area contributed by atoms with E-state index in [1.807, 2.05) is 26.0 Å². The molecule has 0 radical (unpaired) electrons. The van der Waals surface area contributed by atoms with E-state index in [4.69, 9.17) is 0 Å². The van der Waals surface area contributed by atoms with Gasteiger partial charge in [0.1, 0.15) is 0 Å². The Morgan fingerprint density at radius 1 is 1.27 bits per heavy atom. The molecule has 1 nitrogen and oxygen atoms in total. The fraction of sp³-hybridized carbons (Fsp3) is 0.800. The fourth-order valence-corrected chi connectivity index (χ4v) is 1.17. The molecule has 11 heavy (non-hydrogen) atoms. The molecule has 1 unspecified atom stereocenters. The van der Waals surface area contributed by atoms with Crippen molar-refractivity contribution in [2.24, 2.45) is 5.41 Å². The zero-order chi connectivity index (χ0) is 9.12. The number of hydrogen-bond acceptors (Lipinski definition) is 1. The summed E-state index contributed by atoms with van der Waals surface area (Å²) in [7, 11) is 0. The normalized spacial score (nSPS) is 18.7. The van der Waals surface area contributed by atoms with Crippen LogP contribution in [-0.2, 0) is 0 Å². The summed E-state index contributed by atoms with van der Waals surface area (Å²) in [4.78, 5) is 0. The smallest absolute Gasteiger partial charge is 0.0872 e. The molecule has 0 bridgehead atoms. The monoisotopic (exact) mass is 156 g/mol. The zero-order valence-corrected chi connectivity index (χ0v) is 8.31. The minimum atomic E-state index is -0.651. The average molecular weight is 156 g/mol. The predicted octanol–water partition coefficient (Wildman–Crippen LogP) is 2.75. The van der Waals surface area contributed by atoms with Gasteiger partial charge in [-0.25, -0.2) is 0 Å². The van der Waals surface area contributed by atoms with E-state index in [0.29, 0.717) is 0 Å². The van der Waals surface area contributed by atoms with Crippen molar-refractivity contribution >= 4 is 0 Å². The zero-order valence-electron chi connectivity index (χ0n) is 8.31. The van der Waals surface area contributed by atoms with Crippen LogP contribution in [-0.4, -0.2) is 10.7 Å². The Bertz CT molecular complexity index is 141. The predicted molar refractivity (Wildman–Crippen MR) is 49.5 cm³/mol. The van der Waals surface area contributed by atoms with Gasteiger partial charge in [-0.2, -0.15) is 0 Å². The summed E-state index contributed by atoms with van der Waals surface area (Å²) in [6.07, 6.45) is 4.56. The molecule has 1 atom stereocenters. The van der Waals surface area contributed by atoms with Crippen LogP contribution in [0.5, 0.6) is 0 Å². The van der Waals surface area contributed by atoms with E-state index in [1.54, 1.807) is 0 Å². The Morgan fingerprint density at radius 3 is 1.82 bits per heavy atom. The molecule has 0 amide bonds. The van der Waals surface area contributed by atoms with Crippen molar-refractivity contribution in [3.05, 3.63) is 12.2 Å². The van der Waals surface area contributed by atoms with E-state index in [1.165, 1.54) is 0 Å². The molecule has 0 aromatic heterocycles. The minimum absolute atomic E-state index is 0.0751. The highest BCUT2D eigenvalue weighted by atomic mass is 16.3. The lowest BCUT2D eigenvalue weighted by Crippen LogP contribution is -2.40. The van der Waals surface area contributed by atoms with Crippen molar-refractivity contribution in [2.75, 3.05) is 0 Å². The maximum Gasteiger partial charge on any atom is 0.0872 e. The van der Waals surface area contributed by atoms with Crippen LogP contribution in [0, 0.1) is 5.41 Å². The van der Waals surface area contributed by atoms with E-state index in [9.17, 15) is 5.11 Å². The molecular weight excluding hydrogens is 136 g/mol. The lowest BCUT2D eigenvalue weighted by atomic mass is 9.74. The summed E-state index contributed by atoms with van der Waals surface area (Å²) in [5.41, 5.74) is -0.726. The summed E-state index contributed by atoms with van der Waals surface area (Å²) in [5.74, 6) is 0. The van der Waals surface area contributed by atoms with Crippen LogP contribution in [0.1, 0.15) is 41.0 Å². The standard InChI is InChI=1S/C10H20O/c1-6-8-10(11,7-2)9(3,4)5/h6,8,11H,7H2,1-5H3/b8-6+. The molecule has 1 N–H and O–H groups in total. The third-order valence-electron chi connectivity index (χ3n) is 2.28. The molecular formula is C10H20O. The van der Waals surface area contributed by atoms with Crippen LogP contribution < -0.4 is 0 Å². The molecule has 0 saturated heterocycles. The number of rotatable bonds is 2. The molecule has 0 heterocycles. The second-order valence-corrected chi connectivity index (χ2v) is 4.03. The lowest BCUT2D eigenvalue weighted by molar-refractivity contribution is -0.0168. The first-order valence-electron chi connectivity index (χ1n) is 4.23. The van der Waals surface area contributed by atoms with Gasteiger partial charge in [-0.15, -0.1) is 0 Å². The highest BCUT2D eigenvalue weighted by Crippen LogP contribution is 2.34. The summed E-state index contributed by atoms with van der Waals surface area (Å²) in [6, 6.07) is 0. The number of aliphatic hydroxyl groups is 1. The van der Waals surface area contributed by atoms with Crippen molar-refractivity contribution in [1.29, 1.82) is 0 Å². The van der Waals surface area contributed by atoms with Crippen LogP contribution in [0.3, 0.4) is 0 Å². The van der Waals surface area contributed by atoms with Gasteiger partial charge in [0.05, 0.1) is 5.60 Å². The van der Waals surface area contributed by atoms with Gasteiger partial charge in [0.15, 0.2) is 0 Å². The summed E-state index contributed by atoms with van der Waals surface area (Å²) >= 11 is 0. The Kier molecular flexibility index (Phi) is 3.30. The second-order valence-electron chi connectivity index (χ2n) is 4.03. The fourth-order valence-electron chi connectivity index (χ4n) is 1.17. The summed E-state index contributed by atoms with van der Waals surface area (Å²) in [5, 5.41) is 10.1. The van der Waals surface area contributed by atoms with E-state index < -0.39 is 5.60 Å². The highest BCUT2D eigenvalue weighted by molar-refractivity contribution is 5.05. The Morgan fingerprint density at radius 2 is 1.73 bits per heavy atom. The van der Waals surface area contributed by atoms with Crippen molar-refractivity contribution in [3.8, 4) is 0 Å². The SMILES string of the molecule is C/C=C/C(O)(CC)C(C)(C)C. The molecule has 0 aromatic rings. The lowest BCUT2D eigenvalue weighted by Gasteiger charge is -2.37. The summed E-state index contributed by atoms with van der Waals surface area (Å²) < 4.78 is 0.